The Morgan fingerprint density at radius 3 is 2.02 bits per heavy atom. The second-order valence-electron chi connectivity index (χ2n) is 11.7. The minimum Gasteiger partial charge on any atom is -0.457 e. The predicted molar refractivity (Wildman–Crippen MR) is 180 cm³/mol. The Balaban J connectivity index is 1.48. The summed E-state index contributed by atoms with van der Waals surface area (Å²) in [5.41, 5.74) is 2.06. The number of nitrogens with one attached hydrogen (secondary N) is 1. The SMILES string of the molecule is CC[C@H](C(=O)NC1CCCC1)N(Cc1ccccc1)C(=O)CN(c1ccc(Oc2ccccc2)cc1)S(=O)(=O)c1ccc(C)cc1. The fourth-order valence-corrected chi connectivity index (χ4v) is 7.15. The number of aryl methyl sites for hydroxylation is 1. The average Bonchev–Trinajstić information content (AvgIpc) is 3.58. The highest BCUT2D eigenvalue weighted by atomic mass is 32.2. The number of hydrogen-bond acceptors (Lipinski definition) is 5. The van der Waals surface area contributed by atoms with Crippen molar-refractivity contribution in [3.63, 3.8) is 0 Å². The van der Waals surface area contributed by atoms with E-state index in [4.69, 9.17) is 4.74 Å². The molecule has 2 amide bonds. The molecule has 1 atom stereocenters. The number of ether oxygens (including phenoxy) is 1. The van der Waals surface area contributed by atoms with Gasteiger partial charge in [-0.3, -0.25) is 13.9 Å². The van der Waals surface area contributed by atoms with E-state index in [9.17, 15) is 18.0 Å². The first-order chi connectivity index (χ1) is 22.2. The van der Waals surface area contributed by atoms with Crippen LogP contribution in [0.1, 0.15) is 50.2 Å². The molecular formula is C37H41N3O5S. The Bertz CT molecular complexity index is 1690. The van der Waals surface area contributed by atoms with E-state index in [-0.39, 0.29) is 23.4 Å². The number of hydrogen-bond donors (Lipinski definition) is 1. The van der Waals surface area contributed by atoms with Crippen molar-refractivity contribution in [2.24, 2.45) is 0 Å². The summed E-state index contributed by atoms with van der Waals surface area (Å²) in [6.07, 6.45) is 4.35. The van der Waals surface area contributed by atoms with Crippen molar-refractivity contribution >= 4 is 27.5 Å². The molecule has 1 fully saturated rings. The minimum atomic E-state index is -4.17. The molecular weight excluding hydrogens is 598 g/mol. The first-order valence-corrected chi connectivity index (χ1v) is 17.2. The first kappa shape index (κ1) is 32.8. The van der Waals surface area contributed by atoms with Crippen molar-refractivity contribution < 1.29 is 22.7 Å². The maximum atomic E-state index is 14.3. The van der Waals surface area contributed by atoms with Gasteiger partial charge in [-0.15, -0.1) is 0 Å². The number of rotatable bonds is 13. The summed E-state index contributed by atoms with van der Waals surface area (Å²) in [5.74, 6) is 0.480. The molecule has 1 aliphatic rings. The third-order valence-corrected chi connectivity index (χ3v) is 10.1. The van der Waals surface area contributed by atoms with Gasteiger partial charge in [-0.05, 0) is 80.3 Å². The number of carbonyl (C=O) groups is 2. The van der Waals surface area contributed by atoms with Gasteiger partial charge in [0, 0.05) is 12.6 Å². The van der Waals surface area contributed by atoms with Gasteiger partial charge in [0.15, 0.2) is 0 Å². The van der Waals surface area contributed by atoms with Crippen LogP contribution in [0.2, 0.25) is 0 Å². The number of sulfonamides is 1. The Labute approximate surface area is 272 Å². The zero-order valence-electron chi connectivity index (χ0n) is 26.3. The van der Waals surface area contributed by atoms with E-state index in [0.29, 0.717) is 23.6 Å². The van der Waals surface area contributed by atoms with Crippen LogP contribution in [-0.2, 0) is 26.2 Å². The number of anilines is 1. The van der Waals surface area contributed by atoms with Crippen LogP contribution in [0.3, 0.4) is 0 Å². The van der Waals surface area contributed by atoms with Crippen LogP contribution >= 0.6 is 0 Å². The number of carbonyl (C=O) groups excluding carboxylic acids is 2. The first-order valence-electron chi connectivity index (χ1n) is 15.8. The monoisotopic (exact) mass is 639 g/mol. The summed E-state index contributed by atoms with van der Waals surface area (Å²) in [6.45, 7) is 3.43. The Hall–Kier alpha value is -4.63. The number of nitrogens with zero attached hydrogens (tertiary/aromatic N) is 2. The topological polar surface area (TPSA) is 96.0 Å². The second-order valence-corrected chi connectivity index (χ2v) is 13.5. The van der Waals surface area contributed by atoms with Gasteiger partial charge in [0.05, 0.1) is 10.6 Å². The van der Waals surface area contributed by atoms with E-state index < -0.39 is 28.5 Å². The average molecular weight is 640 g/mol. The van der Waals surface area contributed by atoms with Crippen molar-refractivity contribution in [1.29, 1.82) is 0 Å². The number of benzene rings is 4. The molecule has 0 aliphatic heterocycles. The van der Waals surface area contributed by atoms with Crippen LogP contribution < -0.4 is 14.4 Å². The third-order valence-electron chi connectivity index (χ3n) is 8.27. The molecule has 1 N–H and O–H groups in total. The molecule has 240 valence electrons. The van der Waals surface area contributed by atoms with Crippen molar-refractivity contribution in [3.05, 3.63) is 120 Å². The van der Waals surface area contributed by atoms with Gasteiger partial charge in [0.2, 0.25) is 11.8 Å². The third kappa shape index (κ3) is 8.14. The molecule has 46 heavy (non-hydrogen) atoms. The van der Waals surface area contributed by atoms with Crippen molar-refractivity contribution in [2.75, 3.05) is 10.8 Å². The lowest BCUT2D eigenvalue weighted by Gasteiger charge is -2.33. The van der Waals surface area contributed by atoms with E-state index in [1.165, 1.54) is 4.90 Å². The maximum Gasteiger partial charge on any atom is 0.264 e. The Kier molecular flexibility index (Phi) is 10.8. The molecule has 1 aliphatic carbocycles. The lowest BCUT2D eigenvalue weighted by molar-refractivity contribution is -0.140. The molecule has 0 radical (unpaired) electrons. The van der Waals surface area contributed by atoms with E-state index in [2.05, 4.69) is 5.32 Å². The highest BCUT2D eigenvalue weighted by molar-refractivity contribution is 7.92. The second kappa shape index (κ2) is 15.1. The Morgan fingerprint density at radius 1 is 0.826 bits per heavy atom. The normalized spacial score (nSPS) is 14.0. The van der Waals surface area contributed by atoms with Gasteiger partial charge in [0.1, 0.15) is 24.1 Å². The van der Waals surface area contributed by atoms with Crippen molar-refractivity contribution in [3.8, 4) is 11.5 Å². The molecule has 0 spiro atoms. The van der Waals surface area contributed by atoms with Crippen LogP contribution in [0.5, 0.6) is 11.5 Å². The zero-order valence-corrected chi connectivity index (χ0v) is 27.2. The number of para-hydroxylation sites is 1. The lowest BCUT2D eigenvalue weighted by Crippen LogP contribution is -2.53. The van der Waals surface area contributed by atoms with Gasteiger partial charge < -0.3 is 15.0 Å². The van der Waals surface area contributed by atoms with E-state index in [1.807, 2.05) is 74.5 Å². The summed E-state index contributed by atoms with van der Waals surface area (Å²) in [4.78, 5) is 29.5. The molecule has 4 aromatic carbocycles. The van der Waals surface area contributed by atoms with Gasteiger partial charge in [-0.2, -0.15) is 0 Å². The Morgan fingerprint density at radius 2 is 1.41 bits per heavy atom. The van der Waals surface area contributed by atoms with Crippen LogP contribution in [0.15, 0.2) is 114 Å². The number of amides is 2. The van der Waals surface area contributed by atoms with E-state index in [0.717, 1.165) is 41.1 Å². The fraction of sp³-hybridized carbons (Fsp3) is 0.297. The fourth-order valence-electron chi connectivity index (χ4n) is 5.74. The van der Waals surface area contributed by atoms with Crippen LogP contribution in [0.4, 0.5) is 5.69 Å². The van der Waals surface area contributed by atoms with Gasteiger partial charge >= 0.3 is 0 Å². The predicted octanol–water partition coefficient (Wildman–Crippen LogP) is 6.85. The molecule has 1 saturated carbocycles. The highest BCUT2D eigenvalue weighted by Gasteiger charge is 2.34. The van der Waals surface area contributed by atoms with Crippen LogP contribution in [0, 0.1) is 6.92 Å². The zero-order chi connectivity index (χ0) is 32.5. The van der Waals surface area contributed by atoms with Crippen LogP contribution in [-0.4, -0.2) is 43.8 Å². The summed E-state index contributed by atoms with van der Waals surface area (Å²) >= 11 is 0. The van der Waals surface area contributed by atoms with E-state index in [1.54, 1.807) is 48.5 Å². The molecule has 0 bridgehead atoms. The van der Waals surface area contributed by atoms with Crippen molar-refractivity contribution in [2.45, 2.75) is 69.5 Å². The van der Waals surface area contributed by atoms with Gasteiger partial charge in [-0.1, -0.05) is 86.0 Å². The van der Waals surface area contributed by atoms with Gasteiger partial charge in [-0.25, -0.2) is 8.42 Å². The smallest absolute Gasteiger partial charge is 0.264 e. The summed E-state index contributed by atoms with van der Waals surface area (Å²) in [5, 5.41) is 3.14. The molecule has 0 saturated heterocycles. The van der Waals surface area contributed by atoms with Crippen molar-refractivity contribution in [1.82, 2.24) is 10.2 Å². The molecule has 8 nitrogen and oxygen atoms in total. The minimum absolute atomic E-state index is 0.0659. The molecule has 0 aromatic heterocycles. The molecule has 0 unspecified atom stereocenters. The summed E-state index contributed by atoms with van der Waals surface area (Å²) < 4.78 is 35.4. The lowest BCUT2D eigenvalue weighted by atomic mass is 10.1. The maximum absolute atomic E-state index is 14.3. The van der Waals surface area contributed by atoms with Gasteiger partial charge in [0.25, 0.3) is 10.0 Å². The van der Waals surface area contributed by atoms with Crippen LogP contribution in [0.25, 0.3) is 0 Å². The molecule has 4 aromatic rings. The standard InChI is InChI=1S/C37H41N3O5S/c1-3-35(37(42)38-30-14-10-11-15-30)39(26-29-12-6-4-7-13-29)36(41)27-40(46(43,44)34-24-18-28(2)19-25-34)31-20-22-33(23-21-31)45-32-16-8-5-9-17-32/h4-9,12-13,16-25,30,35H,3,10-11,14-15,26-27H2,1-2H3,(H,38,42)/t35-/m1/s1. The van der Waals surface area contributed by atoms with E-state index >= 15 is 0 Å². The summed E-state index contributed by atoms with van der Waals surface area (Å²) in [7, 11) is -4.17. The molecule has 9 heteroatoms. The summed E-state index contributed by atoms with van der Waals surface area (Å²) in [6, 6.07) is 31.2. The largest absolute Gasteiger partial charge is 0.457 e. The molecule has 0 heterocycles. The quantitative estimate of drug-likeness (QED) is 0.173. The molecule has 5 rings (SSSR count). The highest BCUT2D eigenvalue weighted by Crippen LogP contribution is 2.29.